The summed E-state index contributed by atoms with van der Waals surface area (Å²) < 4.78 is 45.9. The Kier molecular flexibility index (Phi) is 5.92. The van der Waals surface area contributed by atoms with E-state index in [9.17, 15) is 18.0 Å². The van der Waals surface area contributed by atoms with Gasteiger partial charge in [0.2, 0.25) is 5.95 Å². The summed E-state index contributed by atoms with van der Waals surface area (Å²) in [5, 5.41) is 9.52. The largest absolute Gasteiger partial charge is 0.453 e. The molecule has 2 aromatic heterocycles. The molecule has 4 N–H and O–H groups in total. The highest BCUT2D eigenvalue weighted by molar-refractivity contribution is 6.00. The summed E-state index contributed by atoms with van der Waals surface area (Å²) in [6.45, 7) is 3.36. The Morgan fingerprint density at radius 1 is 1.31 bits per heavy atom. The highest BCUT2D eigenvalue weighted by Crippen LogP contribution is 2.40. The van der Waals surface area contributed by atoms with Crippen molar-refractivity contribution in [2.24, 2.45) is 0 Å². The number of amides is 1. The van der Waals surface area contributed by atoms with Gasteiger partial charge in [-0.25, -0.2) is 14.8 Å². The molecule has 8 nitrogen and oxygen atoms in total. The number of ether oxygens (including phenoxy) is 1. The van der Waals surface area contributed by atoms with Gasteiger partial charge in [0, 0.05) is 41.6 Å². The van der Waals surface area contributed by atoms with Crippen molar-refractivity contribution in [3.05, 3.63) is 35.7 Å². The van der Waals surface area contributed by atoms with Crippen molar-refractivity contribution in [3.8, 4) is 11.3 Å². The molecule has 4 rings (SSSR count). The van der Waals surface area contributed by atoms with E-state index >= 15 is 0 Å². The zero-order chi connectivity index (χ0) is 22.9. The summed E-state index contributed by atoms with van der Waals surface area (Å²) in [5.74, 6) is 0.150. The second-order valence-corrected chi connectivity index (χ2v) is 7.62. The number of fused-ring (bicyclic) bond motifs is 1. The van der Waals surface area contributed by atoms with Crippen LogP contribution in [0.1, 0.15) is 24.0 Å². The highest BCUT2D eigenvalue weighted by atomic mass is 19.4. The van der Waals surface area contributed by atoms with Gasteiger partial charge in [-0.15, -0.1) is 0 Å². The molecule has 1 saturated heterocycles. The number of aromatic amines is 1. The molecule has 32 heavy (non-hydrogen) atoms. The number of piperidine rings is 1. The van der Waals surface area contributed by atoms with Crippen molar-refractivity contribution in [2.45, 2.75) is 32.0 Å². The first-order chi connectivity index (χ1) is 15.3. The van der Waals surface area contributed by atoms with E-state index < -0.39 is 17.8 Å². The summed E-state index contributed by atoms with van der Waals surface area (Å²) in [7, 11) is 1.25. The van der Waals surface area contributed by atoms with Crippen LogP contribution < -0.4 is 16.0 Å². The predicted octanol–water partition coefficient (Wildman–Crippen LogP) is 4.29. The minimum Gasteiger partial charge on any atom is -0.453 e. The third-order valence-electron chi connectivity index (χ3n) is 5.52. The number of aromatic nitrogens is 3. The lowest BCUT2D eigenvalue weighted by Gasteiger charge is -2.24. The van der Waals surface area contributed by atoms with E-state index in [1.807, 2.05) is 0 Å². The van der Waals surface area contributed by atoms with E-state index in [-0.39, 0.29) is 17.7 Å². The molecule has 0 bridgehead atoms. The molecular weight excluding hydrogens is 425 g/mol. The van der Waals surface area contributed by atoms with Crippen molar-refractivity contribution in [1.82, 2.24) is 20.3 Å². The maximum absolute atomic E-state index is 13.8. The van der Waals surface area contributed by atoms with E-state index in [0.717, 1.165) is 25.6 Å². The van der Waals surface area contributed by atoms with Crippen molar-refractivity contribution in [3.63, 3.8) is 0 Å². The molecule has 1 amide bonds. The van der Waals surface area contributed by atoms with Crippen LogP contribution in [0.5, 0.6) is 0 Å². The molecule has 3 heterocycles. The second-order valence-electron chi connectivity index (χ2n) is 7.62. The van der Waals surface area contributed by atoms with Gasteiger partial charge in [0.05, 0.1) is 18.3 Å². The third kappa shape index (κ3) is 4.33. The number of anilines is 2. The topological polar surface area (TPSA) is 104 Å². The Hall–Kier alpha value is -3.34. The number of rotatable bonds is 4. The lowest BCUT2D eigenvalue weighted by atomic mass is 10.0. The summed E-state index contributed by atoms with van der Waals surface area (Å²) >= 11 is 0. The Morgan fingerprint density at radius 3 is 2.81 bits per heavy atom. The summed E-state index contributed by atoms with van der Waals surface area (Å²) in [6.07, 6.45) is -1.10. The third-order valence-corrected chi connectivity index (χ3v) is 5.52. The molecule has 0 aliphatic carbocycles. The van der Waals surface area contributed by atoms with Gasteiger partial charge in [-0.2, -0.15) is 13.2 Å². The molecule has 0 saturated carbocycles. The lowest BCUT2D eigenvalue weighted by molar-refractivity contribution is -0.137. The molecule has 3 aromatic rings. The van der Waals surface area contributed by atoms with E-state index in [2.05, 4.69) is 35.6 Å². The van der Waals surface area contributed by atoms with Crippen LogP contribution in [0.4, 0.5) is 29.6 Å². The number of methoxy groups -OCH3 is 1. The molecule has 1 unspecified atom stereocenters. The highest BCUT2D eigenvalue weighted by Gasteiger charge is 2.36. The molecule has 11 heteroatoms. The van der Waals surface area contributed by atoms with Gasteiger partial charge in [0.1, 0.15) is 5.56 Å². The van der Waals surface area contributed by atoms with Gasteiger partial charge in [0.25, 0.3) is 0 Å². The second kappa shape index (κ2) is 8.65. The average Bonchev–Trinajstić information content (AvgIpc) is 3.20. The number of hydrogen-bond acceptors (Lipinski definition) is 6. The molecule has 1 atom stereocenters. The van der Waals surface area contributed by atoms with Crippen LogP contribution in [-0.2, 0) is 10.9 Å². The quantitative estimate of drug-likeness (QED) is 0.475. The zero-order valence-corrected chi connectivity index (χ0v) is 17.6. The smallest absolute Gasteiger partial charge is 0.419 e. The number of aryl methyl sites for hydroxylation is 1. The Bertz CT molecular complexity index is 1140. The fourth-order valence-corrected chi connectivity index (χ4v) is 3.86. The number of benzene rings is 1. The van der Waals surface area contributed by atoms with Gasteiger partial charge in [-0.1, -0.05) is 6.07 Å². The molecule has 1 aromatic carbocycles. The summed E-state index contributed by atoms with van der Waals surface area (Å²) in [5.41, 5.74) is 0.911. The van der Waals surface area contributed by atoms with E-state index in [0.29, 0.717) is 34.3 Å². The Labute approximate surface area is 182 Å². The fraction of sp³-hybridized carbons (Fsp3) is 0.381. The number of alkyl halides is 3. The van der Waals surface area contributed by atoms with E-state index in [1.165, 1.54) is 13.3 Å². The van der Waals surface area contributed by atoms with Gasteiger partial charge in [-0.3, -0.25) is 5.32 Å². The maximum atomic E-state index is 13.8. The van der Waals surface area contributed by atoms with Crippen molar-refractivity contribution < 1.29 is 22.7 Å². The maximum Gasteiger partial charge on any atom is 0.419 e. The Balaban J connectivity index is 1.77. The molecule has 0 spiro atoms. The SMILES string of the molecule is COC(=O)Nc1ccc2c(-c3nc(NC4CCCNC4)ncc3C(F)(F)F)c[nH]c2c1C. The first-order valence-electron chi connectivity index (χ1n) is 10.2. The van der Waals surface area contributed by atoms with Gasteiger partial charge in [-0.05, 0) is 37.9 Å². The van der Waals surface area contributed by atoms with E-state index in [1.54, 1.807) is 19.1 Å². The molecule has 0 radical (unpaired) electrons. The van der Waals surface area contributed by atoms with Crippen molar-refractivity contribution >= 4 is 28.6 Å². The molecule has 170 valence electrons. The number of nitrogens with zero attached hydrogens (tertiary/aromatic N) is 2. The molecule has 1 aliphatic heterocycles. The normalized spacial score (nSPS) is 16.7. The van der Waals surface area contributed by atoms with Gasteiger partial charge < -0.3 is 20.4 Å². The first-order valence-corrected chi connectivity index (χ1v) is 10.2. The van der Waals surface area contributed by atoms with Crippen LogP contribution in [-0.4, -0.2) is 47.3 Å². The van der Waals surface area contributed by atoms with Crippen LogP contribution >= 0.6 is 0 Å². The minimum atomic E-state index is -4.62. The Morgan fingerprint density at radius 2 is 2.12 bits per heavy atom. The number of carbonyl (C=O) groups excluding carboxylic acids is 1. The number of nitrogens with one attached hydrogen (secondary N) is 4. The first kappa shape index (κ1) is 21.9. The fourth-order valence-electron chi connectivity index (χ4n) is 3.86. The number of halogens is 3. The lowest BCUT2D eigenvalue weighted by Crippen LogP contribution is -2.38. The zero-order valence-electron chi connectivity index (χ0n) is 17.6. The van der Waals surface area contributed by atoms with Crippen molar-refractivity contribution in [1.29, 1.82) is 0 Å². The molecule has 1 aliphatic rings. The number of carbonyl (C=O) groups is 1. The predicted molar refractivity (Wildman–Crippen MR) is 115 cm³/mol. The van der Waals surface area contributed by atoms with Gasteiger partial charge in [0.15, 0.2) is 0 Å². The minimum absolute atomic E-state index is 0.0468. The summed E-state index contributed by atoms with van der Waals surface area (Å²) in [6, 6.07) is 3.30. The van der Waals surface area contributed by atoms with E-state index in [4.69, 9.17) is 0 Å². The molecular formula is C21H23F3N6O2. The number of hydrogen-bond donors (Lipinski definition) is 4. The summed E-state index contributed by atoms with van der Waals surface area (Å²) in [4.78, 5) is 22.8. The average molecular weight is 448 g/mol. The van der Waals surface area contributed by atoms with Crippen LogP contribution in [0, 0.1) is 6.92 Å². The van der Waals surface area contributed by atoms with Gasteiger partial charge >= 0.3 is 12.3 Å². The van der Waals surface area contributed by atoms with Crippen molar-refractivity contribution in [2.75, 3.05) is 30.8 Å². The van der Waals surface area contributed by atoms with Crippen LogP contribution in [0.25, 0.3) is 22.2 Å². The standard InChI is InChI=1S/C21H23F3N6O2/c1-11-16(29-20(31)32-2)6-5-13-14(9-26-17(11)13)18-15(21(22,23)24)10-27-19(30-18)28-12-4-3-7-25-8-12/h5-6,9-10,12,25-26H,3-4,7-8H2,1-2H3,(H,29,31)(H,27,28,30). The van der Waals surface area contributed by atoms with Crippen LogP contribution in [0.2, 0.25) is 0 Å². The molecule has 1 fully saturated rings. The van der Waals surface area contributed by atoms with Crippen LogP contribution in [0.15, 0.2) is 24.5 Å². The number of H-pyrrole nitrogens is 1. The van der Waals surface area contributed by atoms with Crippen LogP contribution in [0.3, 0.4) is 0 Å². The monoisotopic (exact) mass is 448 g/mol.